The molecule has 2 aromatic carbocycles. The molecule has 0 aliphatic carbocycles. The normalized spacial score (nSPS) is 10.7. The van der Waals surface area contributed by atoms with Gasteiger partial charge in [-0.05, 0) is 24.1 Å². The third-order valence-corrected chi connectivity index (χ3v) is 4.99. The molecule has 0 saturated carbocycles. The lowest BCUT2D eigenvalue weighted by atomic mass is 10.1. The van der Waals surface area contributed by atoms with Gasteiger partial charge >= 0.3 is 0 Å². The number of nitrogens with two attached hydrogens (primary N) is 2. The number of rotatable bonds is 6. The molecule has 0 radical (unpaired) electrons. The molecule has 0 bridgehead atoms. The Morgan fingerprint density at radius 3 is 2.42 bits per heavy atom. The second kappa shape index (κ2) is 8.01. The number of aromatic nitrogens is 2. The quantitative estimate of drug-likeness (QED) is 0.697. The van der Waals surface area contributed by atoms with Crippen molar-refractivity contribution in [1.82, 2.24) is 9.97 Å². The van der Waals surface area contributed by atoms with Crippen molar-refractivity contribution in [2.24, 2.45) is 5.73 Å². The Morgan fingerprint density at radius 1 is 1.00 bits per heavy atom. The Hall–Kier alpha value is -2.86. The average molecular weight is 364 g/mol. The SMILES string of the molecule is Cc1nc(N)c(C(N)=O)nc1-c1cccc(CSCc2ccccc2)c1. The molecule has 0 atom stereocenters. The van der Waals surface area contributed by atoms with Gasteiger partial charge in [-0.25, -0.2) is 9.97 Å². The standard InChI is InChI=1S/C20H20N4OS/c1-13-17(24-18(20(22)25)19(21)23-13)16-9-5-8-15(10-16)12-26-11-14-6-3-2-4-7-14/h2-10H,11-12H2,1H3,(H2,21,23)(H2,22,25). The highest BCUT2D eigenvalue weighted by molar-refractivity contribution is 7.97. The van der Waals surface area contributed by atoms with Crippen molar-refractivity contribution in [1.29, 1.82) is 0 Å². The summed E-state index contributed by atoms with van der Waals surface area (Å²) in [5, 5.41) is 0. The fourth-order valence-electron chi connectivity index (χ4n) is 2.66. The summed E-state index contributed by atoms with van der Waals surface area (Å²) in [5.74, 6) is 1.23. The first-order valence-corrected chi connectivity index (χ1v) is 9.35. The molecule has 132 valence electrons. The maximum atomic E-state index is 11.5. The second-order valence-electron chi connectivity index (χ2n) is 5.93. The number of carbonyl (C=O) groups is 1. The molecule has 0 aliphatic rings. The van der Waals surface area contributed by atoms with E-state index in [1.165, 1.54) is 11.1 Å². The number of nitrogens with zero attached hydrogens (tertiary/aromatic N) is 2. The maximum Gasteiger partial charge on any atom is 0.271 e. The molecule has 1 aromatic heterocycles. The van der Waals surface area contributed by atoms with E-state index in [0.717, 1.165) is 17.1 Å². The van der Waals surface area contributed by atoms with Crippen LogP contribution in [0.4, 0.5) is 5.82 Å². The number of carbonyl (C=O) groups excluding carboxylic acids is 1. The van der Waals surface area contributed by atoms with Gasteiger partial charge in [0.15, 0.2) is 11.5 Å². The maximum absolute atomic E-state index is 11.5. The van der Waals surface area contributed by atoms with Crippen molar-refractivity contribution >= 4 is 23.5 Å². The van der Waals surface area contributed by atoms with Gasteiger partial charge in [0.2, 0.25) is 0 Å². The molecule has 6 heteroatoms. The van der Waals surface area contributed by atoms with E-state index in [4.69, 9.17) is 11.5 Å². The van der Waals surface area contributed by atoms with Crippen LogP contribution in [0.1, 0.15) is 27.3 Å². The Morgan fingerprint density at radius 2 is 1.69 bits per heavy atom. The molecule has 0 spiro atoms. The summed E-state index contributed by atoms with van der Waals surface area (Å²) in [6, 6.07) is 18.5. The fourth-order valence-corrected chi connectivity index (χ4v) is 3.61. The van der Waals surface area contributed by atoms with Crippen molar-refractivity contribution < 1.29 is 4.79 Å². The summed E-state index contributed by atoms with van der Waals surface area (Å²) in [5.41, 5.74) is 15.8. The summed E-state index contributed by atoms with van der Waals surface area (Å²) in [6.07, 6.45) is 0. The van der Waals surface area contributed by atoms with Gasteiger partial charge in [-0.15, -0.1) is 0 Å². The Balaban J connectivity index is 1.79. The Bertz CT molecular complexity index is 928. The average Bonchev–Trinajstić information content (AvgIpc) is 2.62. The number of thioether (sulfide) groups is 1. The van der Waals surface area contributed by atoms with Gasteiger partial charge in [-0.3, -0.25) is 4.79 Å². The summed E-state index contributed by atoms with van der Waals surface area (Å²) < 4.78 is 0. The topological polar surface area (TPSA) is 94.9 Å². The van der Waals surface area contributed by atoms with Crippen molar-refractivity contribution in [3.8, 4) is 11.3 Å². The van der Waals surface area contributed by atoms with Gasteiger partial charge < -0.3 is 11.5 Å². The van der Waals surface area contributed by atoms with E-state index >= 15 is 0 Å². The zero-order chi connectivity index (χ0) is 18.5. The van der Waals surface area contributed by atoms with Crippen LogP contribution in [0.2, 0.25) is 0 Å². The third kappa shape index (κ3) is 4.21. The van der Waals surface area contributed by atoms with Crippen LogP contribution in [0.3, 0.4) is 0 Å². The summed E-state index contributed by atoms with van der Waals surface area (Å²) in [6.45, 7) is 1.82. The van der Waals surface area contributed by atoms with E-state index in [-0.39, 0.29) is 11.5 Å². The van der Waals surface area contributed by atoms with E-state index in [2.05, 4.69) is 46.4 Å². The minimum absolute atomic E-state index is 0.00876. The largest absolute Gasteiger partial charge is 0.382 e. The Labute approximate surface area is 156 Å². The molecule has 0 unspecified atom stereocenters. The molecular formula is C20H20N4OS. The first-order valence-electron chi connectivity index (χ1n) is 8.19. The highest BCUT2D eigenvalue weighted by atomic mass is 32.2. The molecule has 3 rings (SSSR count). The minimum Gasteiger partial charge on any atom is -0.382 e. The summed E-state index contributed by atoms with van der Waals surface area (Å²) in [4.78, 5) is 20.0. The van der Waals surface area contributed by atoms with Gasteiger partial charge in [0.1, 0.15) is 0 Å². The number of benzene rings is 2. The van der Waals surface area contributed by atoms with E-state index in [1.807, 2.05) is 36.9 Å². The lowest BCUT2D eigenvalue weighted by Crippen LogP contribution is -2.17. The fraction of sp³-hybridized carbons (Fsp3) is 0.150. The lowest BCUT2D eigenvalue weighted by molar-refractivity contribution is 0.0996. The first kappa shape index (κ1) is 17.9. The van der Waals surface area contributed by atoms with Crippen LogP contribution >= 0.6 is 11.8 Å². The molecule has 0 fully saturated rings. The van der Waals surface area contributed by atoms with Crippen molar-refractivity contribution in [2.45, 2.75) is 18.4 Å². The van der Waals surface area contributed by atoms with Crippen LogP contribution in [0, 0.1) is 6.92 Å². The third-order valence-electron chi connectivity index (χ3n) is 3.91. The molecule has 4 N–H and O–H groups in total. The van der Waals surface area contributed by atoms with Crippen LogP contribution in [-0.2, 0) is 11.5 Å². The predicted molar refractivity (Wildman–Crippen MR) is 107 cm³/mol. The monoisotopic (exact) mass is 364 g/mol. The molecule has 1 amide bonds. The van der Waals surface area contributed by atoms with E-state index < -0.39 is 5.91 Å². The molecule has 5 nitrogen and oxygen atoms in total. The molecule has 0 saturated heterocycles. The number of anilines is 1. The molecule has 0 aliphatic heterocycles. The van der Waals surface area contributed by atoms with Crippen LogP contribution in [0.25, 0.3) is 11.3 Å². The van der Waals surface area contributed by atoms with Crippen LogP contribution < -0.4 is 11.5 Å². The van der Waals surface area contributed by atoms with Crippen LogP contribution in [0.5, 0.6) is 0 Å². The highest BCUT2D eigenvalue weighted by Gasteiger charge is 2.14. The first-order chi connectivity index (χ1) is 12.5. The number of aryl methyl sites for hydroxylation is 1. The molecular weight excluding hydrogens is 344 g/mol. The van der Waals surface area contributed by atoms with Gasteiger partial charge in [0.25, 0.3) is 5.91 Å². The zero-order valence-corrected chi connectivity index (χ0v) is 15.3. The molecule has 26 heavy (non-hydrogen) atoms. The van der Waals surface area contributed by atoms with Gasteiger partial charge in [0.05, 0.1) is 11.4 Å². The van der Waals surface area contributed by atoms with Gasteiger partial charge in [-0.1, -0.05) is 48.5 Å². The minimum atomic E-state index is -0.675. The van der Waals surface area contributed by atoms with E-state index in [1.54, 1.807) is 0 Å². The smallest absolute Gasteiger partial charge is 0.271 e. The van der Waals surface area contributed by atoms with E-state index in [9.17, 15) is 4.79 Å². The van der Waals surface area contributed by atoms with Gasteiger partial charge in [-0.2, -0.15) is 11.8 Å². The van der Waals surface area contributed by atoms with Crippen molar-refractivity contribution in [3.63, 3.8) is 0 Å². The number of hydrogen-bond donors (Lipinski definition) is 2. The summed E-state index contributed by atoms with van der Waals surface area (Å²) in [7, 11) is 0. The van der Waals surface area contributed by atoms with Crippen molar-refractivity contribution in [2.75, 3.05) is 5.73 Å². The number of hydrogen-bond acceptors (Lipinski definition) is 5. The summed E-state index contributed by atoms with van der Waals surface area (Å²) >= 11 is 1.85. The predicted octanol–water partition coefficient (Wildman–Crippen LogP) is 3.57. The molecule has 1 heterocycles. The number of nitrogen functional groups attached to an aromatic ring is 1. The van der Waals surface area contributed by atoms with Gasteiger partial charge in [0, 0.05) is 17.1 Å². The zero-order valence-electron chi connectivity index (χ0n) is 14.5. The van der Waals surface area contributed by atoms with Crippen molar-refractivity contribution in [3.05, 3.63) is 77.1 Å². The Kier molecular flexibility index (Phi) is 5.53. The lowest BCUT2D eigenvalue weighted by Gasteiger charge is -2.10. The second-order valence-corrected chi connectivity index (χ2v) is 6.92. The molecule has 3 aromatic rings. The van der Waals surface area contributed by atoms with Crippen LogP contribution in [-0.4, -0.2) is 15.9 Å². The number of primary amides is 1. The van der Waals surface area contributed by atoms with Crippen LogP contribution in [0.15, 0.2) is 54.6 Å². The number of amides is 1. The van der Waals surface area contributed by atoms with E-state index in [0.29, 0.717) is 11.4 Å². The highest BCUT2D eigenvalue weighted by Crippen LogP contribution is 2.25.